The zero-order valence-corrected chi connectivity index (χ0v) is 18.1. The fourth-order valence-corrected chi connectivity index (χ4v) is 4.56. The Morgan fingerprint density at radius 1 is 1.31 bits per heavy atom. The van der Waals surface area contributed by atoms with Crippen LogP contribution in [0.5, 0.6) is 11.5 Å². The predicted molar refractivity (Wildman–Crippen MR) is 118 cm³/mol. The van der Waals surface area contributed by atoms with E-state index in [-0.39, 0.29) is 46.8 Å². The van der Waals surface area contributed by atoms with Crippen LogP contribution in [0, 0.1) is 0 Å². The van der Waals surface area contributed by atoms with Crippen molar-refractivity contribution < 1.29 is 37.6 Å². The number of aliphatic hydroxyl groups excluding tert-OH is 1. The van der Waals surface area contributed by atoms with Crippen molar-refractivity contribution in [2.75, 3.05) is 20.1 Å². The lowest BCUT2D eigenvalue weighted by Gasteiger charge is -2.34. The minimum Gasteiger partial charge on any atom is -0.507 e. The molecular weight excluding hydrogens is 461 g/mol. The molecule has 9 nitrogen and oxygen atoms in total. The van der Waals surface area contributed by atoms with Crippen LogP contribution in [0.2, 0.25) is 5.02 Å². The van der Waals surface area contributed by atoms with Gasteiger partial charge in [0, 0.05) is 39.8 Å². The lowest BCUT2D eigenvalue weighted by atomic mass is 9.85. The van der Waals surface area contributed by atoms with Gasteiger partial charge < -0.3 is 24.1 Å². The summed E-state index contributed by atoms with van der Waals surface area (Å²) in [6.45, 7) is -2.62. The average Bonchev–Trinajstić information content (AvgIpc) is 2.72. The van der Waals surface area contributed by atoms with Crippen LogP contribution >= 0.6 is 19.4 Å². The summed E-state index contributed by atoms with van der Waals surface area (Å²) in [7, 11) is -5.13. The van der Waals surface area contributed by atoms with E-state index in [9.17, 15) is 29.4 Å². The summed E-state index contributed by atoms with van der Waals surface area (Å²) in [6, 6.07) is 8.43. The van der Waals surface area contributed by atoms with Crippen LogP contribution in [0.15, 0.2) is 45.6 Å². The molecular formula is C21H21ClNO8P. The van der Waals surface area contributed by atoms with E-state index in [1.807, 2.05) is 0 Å². The molecule has 0 bridgehead atoms. The summed E-state index contributed by atoms with van der Waals surface area (Å²) in [4.78, 5) is 32.9. The van der Waals surface area contributed by atoms with Gasteiger partial charge in [0.05, 0.1) is 11.1 Å². The van der Waals surface area contributed by atoms with Gasteiger partial charge in [0.1, 0.15) is 28.2 Å². The van der Waals surface area contributed by atoms with E-state index in [2.05, 4.69) is 4.52 Å². The van der Waals surface area contributed by atoms with Gasteiger partial charge in [-0.05, 0) is 32.1 Å². The predicted octanol–water partition coefficient (Wildman–Crippen LogP) is 3.07. The monoisotopic (exact) mass is 484 g/mol. The molecule has 170 valence electrons. The lowest BCUT2D eigenvalue weighted by molar-refractivity contribution is 0.0630. The van der Waals surface area contributed by atoms with Crippen LogP contribution in [0.1, 0.15) is 22.0 Å². The number of fused-ring (bicyclic) bond motifs is 1. The second kappa shape index (κ2) is 8.51. The molecule has 1 saturated heterocycles. The van der Waals surface area contributed by atoms with Crippen LogP contribution in [0.25, 0.3) is 22.3 Å². The summed E-state index contributed by atoms with van der Waals surface area (Å²) >= 11 is 6.24. The number of β-amino-alcohol motifs (C(OH)–C–C–N with tert-alkyl or cyclic N) is 1. The summed E-state index contributed by atoms with van der Waals surface area (Å²) in [5.41, 5.74) is -0.665. The van der Waals surface area contributed by atoms with Crippen LogP contribution in [-0.2, 0) is 4.57 Å². The molecule has 0 amide bonds. The summed E-state index contributed by atoms with van der Waals surface area (Å²) in [5, 5.41) is 21.5. The number of benzene rings is 2. The summed E-state index contributed by atoms with van der Waals surface area (Å²) < 4.78 is 44.9. The fourth-order valence-electron chi connectivity index (χ4n) is 3.93. The maximum atomic E-state index is 13.1. The number of aromatic hydroxyl groups is 1. The number of phenolic OH excluding ortho intramolecular Hbond substituents is 1. The Labute approximate surface area is 191 Å². The highest BCUT2D eigenvalue weighted by Gasteiger charge is 2.34. The maximum absolute atomic E-state index is 13.1. The number of phenols is 1. The third kappa shape index (κ3) is 4.41. The first-order valence-corrected chi connectivity index (χ1v) is 11.4. The number of rotatable bonds is 4. The Hall–Kier alpha value is -2.39. The second-order valence-electron chi connectivity index (χ2n) is 7.46. The van der Waals surface area contributed by atoms with Gasteiger partial charge in [-0.1, -0.05) is 23.7 Å². The molecule has 2 heterocycles. The molecule has 3 aromatic rings. The number of hydrogen-bond acceptors (Lipinski definition) is 7. The highest BCUT2D eigenvalue weighted by molar-refractivity contribution is 7.46. The van der Waals surface area contributed by atoms with Crippen molar-refractivity contribution in [3.05, 3.63) is 57.2 Å². The second-order valence-corrected chi connectivity index (χ2v) is 9.03. The first-order valence-electron chi connectivity index (χ1n) is 11.0. The molecule has 1 aliphatic rings. The zero-order chi connectivity index (χ0) is 25.7. The van der Waals surface area contributed by atoms with E-state index in [4.69, 9.17) is 20.1 Å². The maximum Gasteiger partial charge on any atom is 0.524 e. The van der Waals surface area contributed by atoms with Crippen LogP contribution < -0.4 is 9.95 Å². The Kier molecular flexibility index (Phi) is 5.09. The number of phosphoric ester groups is 1. The first-order chi connectivity index (χ1) is 16.3. The highest BCUT2D eigenvalue weighted by Crippen LogP contribution is 2.47. The standard InChI is InChI=1S/C21H21ClNO8P/c1-23-7-6-12(16(26)10-23)19-14(24)9-18(31-32(27,28)29)20-15(25)8-17(30-21(19)20)11-4-2-3-5-13(11)22/h2-5,8-9,12,16,24,26H,6-7,10H2,1H3,(H2,27,28,29)/t12-,16+/m0/s1/i1D3. The Bertz CT molecular complexity index is 1390. The van der Waals surface area contributed by atoms with E-state index in [1.54, 1.807) is 24.3 Å². The van der Waals surface area contributed by atoms with E-state index in [0.29, 0.717) is 5.56 Å². The van der Waals surface area contributed by atoms with Crippen LogP contribution in [0.3, 0.4) is 0 Å². The van der Waals surface area contributed by atoms with Crippen LogP contribution in [-0.4, -0.2) is 51.1 Å². The van der Waals surface area contributed by atoms with Gasteiger partial charge >= 0.3 is 7.82 Å². The van der Waals surface area contributed by atoms with Gasteiger partial charge in [-0.3, -0.25) is 14.6 Å². The zero-order valence-electron chi connectivity index (χ0n) is 19.4. The minimum atomic E-state index is -5.13. The van der Waals surface area contributed by atoms with Crippen LogP contribution in [0.4, 0.5) is 0 Å². The largest absolute Gasteiger partial charge is 0.524 e. The number of likely N-dealkylation sites (tertiary alicyclic amines) is 1. The third-order valence-electron chi connectivity index (χ3n) is 5.29. The van der Waals surface area contributed by atoms with Crippen molar-refractivity contribution in [3.63, 3.8) is 0 Å². The van der Waals surface area contributed by atoms with Gasteiger partial charge in [-0.2, -0.15) is 0 Å². The molecule has 0 radical (unpaired) electrons. The molecule has 0 unspecified atom stereocenters. The molecule has 2 atom stereocenters. The highest BCUT2D eigenvalue weighted by atomic mass is 35.5. The van der Waals surface area contributed by atoms with Gasteiger partial charge in [0.15, 0.2) is 5.43 Å². The lowest BCUT2D eigenvalue weighted by Crippen LogP contribution is -2.40. The number of nitrogens with zero attached hydrogens (tertiary/aromatic N) is 1. The molecule has 1 aromatic heterocycles. The summed E-state index contributed by atoms with van der Waals surface area (Å²) in [5.74, 6) is -2.00. The van der Waals surface area contributed by atoms with E-state index >= 15 is 0 Å². The van der Waals surface area contributed by atoms with Crippen molar-refractivity contribution in [2.45, 2.75) is 18.4 Å². The molecule has 1 fully saturated rings. The average molecular weight is 485 g/mol. The Morgan fingerprint density at radius 2 is 2.06 bits per heavy atom. The normalized spacial score (nSPS) is 21.7. The number of aliphatic hydroxyl groups is 1. The van der Waals surface area contributed by atoms with Gasteiger partial charge in [-0.15, -0.1) is 0 Å². The van der Waals surface area contributed by atoms with E-state index in [0.717, 1.165) is 17.0 Å². The van der Waals surface area contributed by atoms with Gasteiger partial charge in [0.25, 0.3) is 0 Å². The summed E-state index contributed by atoms with van der Waals surface area (Å²) in [6.07, 6.45) is -1.18. The molecule has 4 rings (SSSR count). The smallest absolute Gasteiger partial charge is 0.507 e. The molecule has 32 heavy (non-hydrogen) atoms. The molecule has 0 saturated carbocycles. The van der Waals surface area contributed by atoms with Crippen molar-refractivity contribution in [1.29, 1.82) is 0 Å². The molecule has 11 heteroatoms. The number of hydrogen-bond donors (Lipinski definition) is 4. The molecule has 2 aromatic carbocycles. The SMILES string of the molecule is [2H]C([2H])([2H])N1CC[C@H](c2c(O)cc(OP(=O)(O)O)c3c(=O)cc(-c4ccccc4Cl)oc23)[C@H](O)C1. The van der Waals surface area contributed by atoms with Crippen molar-refractivity contribution >= 4 is 30.4 Å². The molecule has 1 aliphatic heterocycles. The van der Waals surface area contributed by atoms with Crippen molar-refractivity contribution in [2.24, 2.45) is 0 Å². The number of piperidine rings is 1. The first kappa shape index (κ1) is 19.1. The van der Waals surface area contributed by atoms with Gasteiger partial charge in [-0.25, -0.2) is 4.57 Å². The fraction of sp³-hybridized carbons (Fsp3) is 0.286. The minimum absolute atomic E-state index is 0.0106. The topological polar surface area (TPSA) is 141 Å². The molecule has 0 aliphatic carbocycles. The number of halogens is 1. The van der Waals surface area contributed by atoms with E-state index < -0.39 is 43.7 Å². The quantitative estimate of drug-likeness (QED) is 0.411. The van der Waals surface area contributed by atoms with Crippen molar-refractivity contribution in [1.82, 2.24) is 4.90 Å². The number of likely N-dealkylation sites (N-methyl/N-ethyl adjacent to an activating group) is 1. The Morgan fingerprint density at radius 3 is 2.72 bits per heavy atom. The Balaban J connectivity index is 1.96. The number of phosphoric acid groups is 1. The van der Waals surface area contributed by atoms with Crippen molar-refractivity contribution in [3.8, 4) is 22.8 Å². The van der Waals surface area contributed by atoms with E-state index in [1.165, 1.54) is 0 Å². The third-order valence-corrected chi connectivity index (χ3v) is 6.06. The van der Waals surface area contributed by atoms with Gasteiger partial charge in [0.2, 0.25) is 0 Å². The molecule has 4 N–H and O–H groups in total. The molecule has 0 spiro atoms.